The van der Waals surface area contributed by atoms with Crippen LogP contribution in [0.1, 0.15) is 30.0 Å². The first-order valence-electron chi connectivity index (χ1n) is 7.86. The molecule has 2 fully saturated rings. The van der Waals surface area contributed by atoms with Crippen molar-refractivity contribution in [1.82, 2.24) is 4.90 Å². The molecule has 0 amide bonds. The monoisotopic (exact) mass is 278 g/mol. The molecule has 1 saturated carbocycles. The zero-order valence-electron chi connectivity index (χ0n) is 12.3. The van der Waals surface area contributed by atoms with Gasteiger partial charge >= 0.3 is 0 Å². The number of hydrogen-bond donors (Lipinski definition) is 1. The zero-order valence-corrected chi connectivity index (χ0v) is 12.3. The first-order chi connectivity index (χ1) is 10.2. The van der Waals surface area contributed by atoms with E-state index in [1.807, 2.05) is 0 Å². The molecule has 0 bridgehead atoms. The van der Waals surface area contributed by atoms with Gasteiger partial charge in [0, 0.05) is 24.7 Å². The molecule has 0 spiro atoms. The third-order valence-electron chi connectivity index (χ3n) is 5.14. The van der Waals surface area contributed by atoms with E-state index in [0.717, 1.165) is 19.0 Å². The number of fused-ring (bicyclic) bond motifs is 1. The first kappa shape index (κ1) is 13.1. The molecule has 2 aromatic carbocycles. The third-order valence-corrected chi connectivity index (χ3v) is 5.14. The summed E-state index contributed by atoms with van der Waals surface area (Å²) in [6, 6.07) is 22.2. The molecule has 2 heteroatoms. The second kappa shape index (κ2) is 4.97. The van der Waals surface area contributed by atoms with Gasteiger partial charge in [0.15, 0.2) is 0 Å². The first-order valence-corrected chi connectivity index (χ1v) is 7.86. The van der Waals surface area contributed by atoms with Crippen molar-refractivity contribution in [1.29, 1.82) is 0 Å². The minimum Gasteiger partial charge on any atom is -0.324 e. The van der Waals surface area contributed by atoms with Crippen molar-refractivity contribution >= 4 is 0 Å². The van der Waals surface area contributed by atoms with Crippen LogP contribution in [0.15, 0.2) is 60.7 Å². The van der Waals surface area contributed by atoms with Crippen LogP contribution < -0.4 is 5.73 Å². The van der Waals surface area contributed by atoms with E-state index < -0.39 is 0 Å². The Morgan fingerprint density at radius 3 is 2.38 bits per heavy atom. The Hall–Kier alpha value is -1.64. The minimum absolute atomic E-state index is 0.0834. The van der Waals surface area contributed by atoms with Crippen molar-refractivity contribution in [2.24, 2.45) is 11.7 Å². The summed E-state index contributed by atoms with van der Waals surface area (Å²) in [6.07, 6.45) is 2.40. The highest BCUT2D eigenvalue weighted by molar-refractivity contribution is 5.25. The largest absolute Gasteiger partial charge is 0.324 e. The van der Waals surface area contributed by atoms with Crippen LogP contribution in [0.4, 0.5) is 0 Å². The summed E-state index contributed by atoms with van der Waals surface area (Å²) < 4.78 is 0. The molecular formula is C19H22N2. The summed E-state index contributed by atoms with van der Waals surface area (Å²) in [7, 11) is 0. The van der Waals surface area contributed by atoms with Gasteiger partial charge in [0.1, 0.15) is 0 Å². The maximum Gasteiger partial charge on any atom is 0.0355 e. The average Bonchev–Trinajstić information content (AvgIpc) is 3.18. The summed E-state index contributed by atoms with van der Waals surface area (Å²) in [5, 5.41) is 0. The molecule has 0 aromatic heterocycles. The lowest BCUT2D eigenvalue weighted by atomic mass is 9.92. The maximum absolute atomic E-state index is 6.49. The van der Waals surface area contributed by atoms with Gasteiger partial charge in [-0.1, -0.05) is 60.7 Å². The number of benzene rings is 2. The van der Waals surface area contributed by atoms with Crippen molar-refractivity contribution in [3.05, 3.63) is 71.8 Å². The Morgan fingerprint density at radius 2 is 1.67 bits per heavy atom. The fraction of sp³-hybridized carbons (Fsp3) is 0.368. The summed E-state index contributed by atoms with van der Waals surface area (Å²) in [4.78, 5) is 2.58. The van der Waals surface area contributed by atoms with E-state index in [1.54, 1.807) is 0 Å². The molecule has 3 atom stereocenters. The van der Waals surface area contributed by atoms with Gasteiger partial charge in [-0.05, 0) is 29.9 Å². The molecule has 2 nitrogen and oxygen atoms in total. The van der Waals surface area contributed by atoms with Crippen molar-refractivity contribution in [3.63, 3.8) is 0 Å². The molecule has 21 heavy (non-hydrogen) atoms. The topological polar surface area (TPSA) is 29.3 Å². The smallest absolute Gasteiger partial charge is 0.0355 e. The Balaban J connectivity index is 1.61. The Kier molecular flexibility index (Phi) is 3.09. The highest BCUT2D eigenvalue weighted by Crippen LogP contribution is 2.53. The van der Waals surface area contributed by atoms with E-state index in [-0.39, 0.29) is 5.54 Å². The van der Waals surface area contributed by atoms with E-state index >= 15 is 0 Å². The number of nitrogens with zero attached hydrogens (tertiary/aromatic N) is 1. The summed E-state index contributed by atoms with van der Waals surface area (Å²) >= 11 is 0. The average molecular weight is 278 g/mol. The van der Waals surface area contributed by atoms with Crippen molar-refractivity contribution < 1.29 is 0 Å². The van der Waals surface area contributed by atoms with E-state index in [4.69, 9.17) is 5.73 Å². The second-order valence-corrected chi connectivity index (χ2v) is 6.69. The van der Waals surface area contributed by atoms with Crippen molar-refractivity contribution in [2.75, 3.05) is 6.54 Å². The quantitative estimate of drug-likeness (QED) is 0.933. The predicted octanol–water partition coefficient (Wildman–Crippen LogP) is 3.35. The molecule has 2 aromatic rings. The molecule has 2 N–H and O–H groups in total. The number of likely N-dealkylation sites (tertiary alicyclic amines) is 1. The van der Waals surface area contributed by atoms with Crippen LogP contribution in [0, 0.1) is 5.92 Å². The lowest BCUT2D eigenvalue weighted by Crippen LogP contribution is -2.46. The van der Waals surface area contributed by atoms with Crippen LogP contribution in [0.5, 0.6) is 0 Å². The van der Waals surface area contributed by atoms with E-state index in [1.165, 1.54) is 24.0 Å². The van der Waals surface area contributed by atoms with Crippen LogP contribution in [0.2, 0.25) is 0 Å². The molecular weight excluding hydrogens is 256 g/mol. The van der Waals surface area contributed by atoms with Crippen molar-refractivity contribution in [2.45, 2.75) is 31.0 Å². The van der Waals surface area contributed by atoms with Crippen LogP contribution in [-0.4, -0.2) is 17.0 Å². The molecule has 1 heterocycles. The van der Waals surface area contributed by atoms with Gasteiger partial charge in [0.25, 0.3) is 0 Å². The standard InChI is InChI=1S/C19H22N2/c20-19-12-17(19)11-18(16-9-5-2-6-10-16)21(14-19)13-15-7-3-1-4-8-15/h1-10,17-18H,11-14,20H2/t17-,18-,19+/m1/s1. The lowest BCUT2D eigenvalue weighted by Gasteiger charge is -2.38. The number of hydrogen-bond acceptors (Lipinski definition) is 2. The normalized spacial score (nSPS) is 31.7. The zero-order chi connectivity index (χ0) is 14.3. The van der Waals surface area contributed by atoms with Gasteiger partial charge in [-0.15, -0.1) is 0 Å². The maximum atomic E-state index is 6.49. The number of piperidine rings is 1. The van der Waals surface area contributed by atoms with Crippen LogP contribution in [-0.2, 0) is 6.54 Å². The third kappa shape index (κ3) is 2.50. The highest BCUT2D eigenvalue weighted by Gasteiger charge is 2.56. The molecule has 1 aliphatic heterocycles. The van der Waals surface area contributed by atoms with Gasteiger partial charge in [0.2, 0.25) is 0 Å². The fourth-order valence-corrected chi connectivity index (χ4v) is 3.82. The minimum atomic E-state index is 0.0834. The predicted molar refractivity (Wildman–Crippen MR) is 85.7 cm³/mol. The molecule has 1 aliphatic carbocycles. The fourth-order valence-electron chi connectivity index (χ4n) is 3.82. The van der Waals surface area contributed by atoms with Gasteiger partial charge in [0.05, 0.1) is 0 Å². The van der Waals surface area contributed by atoms with Crippen molar-refractivity contribution in [3.8, 4) is 0 Å². The number of nitrogens with two attached hydrogens (primary N) is 1. The van der Waals surface area contributed by atoms with Crippen LogP contribution in [0.25, 0.3) is 0 Å². The summed E-state index contributed by atoms with van der Waals surface area (Å²) in [6.45, 7) is 2.01. The lowest BCUT2D eigenvalue weighted by molar-refractivity contribution is 0.122. The Morgan fingerprint density at radius 1 is 1.00 bits per heavy atom. The van der Waals surface area contributed by atoms with Gasteiger partial charge in [-0.2, -0.15) is 0 Å². The molecule has 108 valence electrons. The molecule has 4 rings (SSSR count). The van der Waals surface area contributed by atoms with Gasteiger partial charge in [-0.3, -0.25) is 4.90 Å². The SMILES string of the molecule is N[C@]12C[C@H]1C[C@H](c1ccccc1)N(Cc1ccccc1)C2. The molecule has 0 radical (unpaired) electrons. The Labute approximate surface area is 126 Å². The van der Waals surface area contributed by atoms with E-state index in [9.17, 15) is 0 Å². The van der Waals surface area contributed by atoms with Crippen LogP contribution in [0.3, 0.4) is 0 Å². The second-order valence-electron chi connectivity index (χ2n) is 6.69. The Bertz CT molecular complexity index is 610. The van der Waals surface area contributed by atoms with Gasteiger partial charge in [-0.25, -0.2) is 0 Å². The van der Waals surface area contributed by atoms with Crippen LogP contribution >= 0.6 is 0 Å². The highest BCUT2D eigenvalue weighted by atomic mass is 15.2. The summed E-state index contributed by atoms with van der Waals surface area (Å²) in [5.41, 5.74) is 9.39. The summed E-state index contributed by atoms with van der Waals surface area (Å²) in [5.74, 6) is 0.717. The van der Waals surface area contributed by atoms with E-state index in [2.05, 4.69) is 65.6 Å². The van der Waals surface area contributed by atoms with E-state index in [0.29, 0.717) is 6.04 Å². The van der Waals surface area contributed by atoms with Gasteiger partial charge < -0.3 is 5.73 Å². The molecule has 1 saturated heterocycles. The molecule has 2 aliphatic rings. The number of rotatable bonds is 3. The molecule has 0 unspecified atom stereocenters.